The molecule has 5 heteroatoms. The molecule has 5 nitrogen and oxygen atoms in total. The van der Waals surface area contributed by atoms with E-state index in [2.05, 4.69) is 28.6 Å². The van der Waals surface area contributed by atoms with E-state index in [1.54, 1.807) is 6.20 Å². The standard InChI is InChI=1S/C23H30N4O/c1-15-11-16(13-27-21(15)17-5-3-6-17)12-25-14-19-20(24-2)9-10-26-22(19)23(28)18-7-4-8-18/h9-11,13-14,17-18,20,24-25H,3-8,12H2,1-2H3/b19-14+. The Hall–Kier alpha value is -2.27. The average Bonchev–Trinajstić information content (AvgIpc) is 2.61. The molecule has 2 aliphatic carbocycles. The first kappa shape index (κ1) is 19.1. The number of likely N-dealkylation sites (N-methyl/N-ethyl adjacent to an activating group) is 1. The van der Waals surface area contributed by atoms with Gasteiger partial charge in [0.2, 0.25) is 0 Å². The summed E-state index contributed by atoms with van der Waals surface area (Å²) in [4.78, 5) is 21.9. The molecule has 2 N–H and O–H groups in total. The topological polar surface area (TPSA) is 66.4 Å². The van der Waals surface area contributed by atoms with Gasteiger partial charge in [-0.25, -0.2) is 0 Å². The lowest BCUT2D eigenvalue weighted by atomic mass is 9.78. The van der Waals surface area contributed by atoms with Gasteiger partial charge in [0.25, 0.3) is 0 Å². The number of ketones is 1. The first-order valence-electron chi connectivity index (χ1n) is 10.5. The number of nitrogens with one attached hydrogen (secondary N) is 2. The Balaban J connectivity index is 1.45. The fourth-order valence-corrected chi connectivity index (χ4v) is 4.14. The molecule has 2 heterocycles. The van der Waals surface area contributed by atoms with E-state index in [0.29, 0.717) is 18.2 Å². The van der Waals surface area contributed by atoms with Crippen LogP contribution in [0.1, 0.15) is 61.3 Å². The zero-order chi connectivity index (χ0) is 19.5. The van der Waals surface area contributed by atoms with Gasteiger partial charge in [0.1, 0.15) is 5.71 Å². The Bertz CT molecular complexity index is 831. The van der Waals surface area contributed by atoms with Gasteiger partial charge in [0.05, 0.1) is 6.04 Å². The number of pyridine rings is 1. The van der Waals surface area contributed by atoms with Gasteiger partial charge in [-0.2, -0.15) is 0 Å². The number of aryl methyl sites for hydroxylation is 1. The van der Waals surface area contributed by atoms with E-state index < -0.39 is 0 Å². The maximum atomic E-state index is 12.8. The van der Waals surface area contributed by atoms with E-state index in [1.807, 2.05) is 25.5 Å². The first-order valence-corrected chi connectivity index (χ1v) is 10.5. The molecule has 0 bridgehead atoms. The summed E-state index contributed by atoms with van der Waals surface area (Å²) in [7, 11) is 1.91. The summed E-state index contributed by atoms with van der Waals surface area (Å²) in [5, 5.41) is 6.65. The summed E-state index contributed by atoms with van der Waals surface area (Å²) in [6.07, 6.45) is 14.7. The van der Waals surface area contributed by atoms with Crippen LogP contribution in [0.15, 0.2) is 41.3 Å². The number of aliphatic imine (C=N–C) groups is 1. The number of hydrogen-bond acceptors (Lipinski definition) is 5. The van der Waals surface area contributed by atoms with Crippen LogP contribution in [0.4, 0.5) is 0 Å². The molecule has 2 fully saturated rings. The molecule has 0 saturated heterocycles. The van der Waals surface area contributed by atoms with Gasteiger partial charge in [0, 0.05) is 48.2 Å². The van der Waals surface area contributed by atoms with Gasteiger partial charge in [-0.1, -0.05) is 18.9 Å². The molecular formula is C23H30N4O. The van der Waals surface area contributed by atoms with E-state index in [4.69, 9.17) is 4.98 Å². The van der Waals surface area contributed by atoms with Crippen LogP contribution in [-0.2, 0) is 11.3 Å². The van der Waals surface area contributed by atoms with Crippen molar-refractivity contribution >= 4 is 11.5 Å². The van der Waals surface area contributed by atoms with Gasteiger partial charge in [0.15, 0.2) is 5.78 Å². The van der Waals surface area contributed by atoms with Crippen LogP contribution >= 0.6 is 0 Å². The molecule has 148 valence electrons. The summed E-state index contributed by atoms with van der Waals surface area (Å²) >= 11 is 0. The van der Waals surface area contributed by atoms with Gasteiger partial charge in [-0.15, -0.1) is 0 Å². The van der Waals surface area contributed by atoms with E-state index in [9.17, 15) is 4.79 Å². The van der Waals surface area contributed by atoms with Crippen LogP contribution in [0.5, 0.6) is 0 Å². The lowest BCUT2D eigenvalue weighted by Crippen LogP contribution is -2.38. The third-order valence-electron chi connectivity index (χ3n) is 6.34. The second-order valence-corrected chi connectivity index (χ2v) is 8.23. The highest BCUT2D eigenvalue weighted by atomic mass is 16.1. The second-order valence-electron chi connectivity index (χ2n) is 8.23. The van der Waals surface area contributed by atoms with E-state index >= 15 is 0 Å². The molecule has 1 aromatic heterocycles. The lowest BCUT2D eigenvalue weighted by Gasteiger charge is -2.28. The van der Waals surface area contributed by atoms with Crippen molar-refractivity contribution in [3.63, 3.8) is 0 Å². The molecule has 28 heavy (non-hydrogen) atoms. The summed E-state index contributed by atoms with van der Waals surface area (Å²) in [6.45, 7) is 2.85. The van der Waals surface area contributed by atoms with Gasteiger partial charge < -0.3 is 10.6 Å². The SMILES string of the molecule is CNC1C=CN=C(C(=O)C2CCC2)/C1=C/NCc1cnc(C2CCC2)c(C)c1. The Kier molecular flexibility index (Phi) is 5.72. The maximum absolute atomic E-state index is 12.8. The van der Waals surface area contributed by atoms with Gasteiger partial charge in [-0.3, -0.25) is 14.8 Å². The molecule has 1 aliphatic heterocycles. The normalized spacial score (nSPS) is 23.9. The Morgan fingerprint density at radius 1 is 1.25 bits per heavy atom. The van der Waals surface area contributed by atoms with E-state index in [-0.39, 0.29) is 17.7 Å². The maximum Gasteiger partial charge on any atom is 0.184 e. The van der Waals surface area contributed by atoms with Crippen LogP contribution in [0, 0.1) is 12.8 Å². The minimum Gasteiger partial charge on any atom is -0.386 e. The third-order valence-corrected chi connectivity index (χ3v) is 6.34. The van der Waals surface area contributed by atoms with Gasteiger partial charge in [-0.05, 0) is 56.9 Å². The first-order chi connectivity index (χ1) is 13.7. The summed E-state index contributed by atoms with van der Waals surface area (Å²) < 4.78 is 0. The molecule has 1 atom stereocenters. The van der Waals surface area contributed by atoms with Crippen molar-refractivity contribution in [2.75, 3.05) is 7.05 Å². The van der Waals surface area contributed by atoms with E-state index in [1.165, 1.54) is 30.5 Å². The molecular weight excluding hydrogens is 348 g/mol. The van der Waals surface area contributed by atoms with Crippen molar-refractivity contribution in [1.82, 2.24) is 15.6 Å². The van der Waals surface area contributed by atoms with Crippen molar-refractivity contribution in [3.05, 3.63) is 53.1 Å². The van der Waals surface area contributed by atoms with Crippen molar-refractivity contribution < 1.29 is 4.79 Å². The number of Topliss-reactive ketones (excluding diaryl/α,β-unsaturated/α-hetero) is 1. The molecule has 0 amide bonds. The largest absolute Gasteiger partial charge is 0.386 e. The molecule has 1 aromatic rings. The Labute approximate surface area is 167 Å². The second kappa shape index (κ2) is 8.39. The summed E-state index contributed by atoms with van der Waals surface area (Å²) in [5.41, 5.74) is 5.24. The number of nitrogens with zero attached hydrogens (tertiary/aromatic N) is 2. The predicted molar refractivity (Wildman–Crippen MR) is 112 cm³/mol. The molecule has 0 aromatic carbocycles. The van der Waals surface area contributed by atoms with Crippen molar-refractivity contribution in [2.45, 2.75) is 64.0 Å². The van der Waals surface area contributed by atoms with Crippen LogP contribution in [0.2, 0.25) is 0 Å². The van der Waals surface area contributed by atoms with Crippen LogP contribution in [0.3, 0.4) is 0 Å². The van der Waals surface area contributed by atoms with Crippen LogP contribution in [-0.4, -0.2) is 29.6 Å². The molecule has 3 aliphatic rings. The van der Waals surface area contributed by atoms with E-state index in [0.717, 1.165) is 30.4 Å². The van der Waals surface area contributed by atoms with Gasteiger partial charge >= 0.3 is 0 Å². The number of aromatic nitrogens is 1. The number of hydrogen-bond donors (Lipinski definition) is 2. The molecule has 1 unspecified atom stereocenters. The summed E-state index contributed by atoms with van der Waals surface area (Å²) in [5.74, 6) is 0.995. The van der Waals surface area contributed by atoms with Crippen LogP contribution < -0.4 is 10.6 Å². The number of rotatable bonds is 7. The zero-order valence-corrected chi connectivity index (χ0v) is 16.9. The smallest absolute Gasteiger partial charge is 0.184 e. The molecule has 0 spiro atoms. The molecule has 4 rings (SSSR count). The highest BCUT2D eigenvalue weighted by molar-refractivity contribution is 6.47. The van der Waals surface area contributed by atoms with Crippen molar-refractivity contribution in [2.24, 2.45) is 10.9 Å². The number of carbonyl (C=O) groups is 1. The van der Waals surface area contributed by atoms with Crippen molar-refractivity contribution in [1.29, 1.82) is 0 Å². The minimum atomic E-state index is 0.00452. The average molecular weight is 379 g/mol. The van der Waals surface area contributed by atoms with Crippen LogP contribution in [0.25, 0.3) is 0 Å². The van der Waals surface area contributed by atoms with Crippen molar-refractivity contribution in [3.8, 4) is 0 Å². The molecule has 0 radical (unpaired) electrons. The highest BCUT2D eigenvalue weighted by Crippen LogP contribution is 2.36. The minimum absolute atomic E-state index is 0.00452. The third kappa shape index (κ3) is 3.81. The summed E-state index contributed by atoms with van der Waals surface area (Å²) in [6, 6.07) is 2.24. The lowest BCUT2D eigenvalue weighted by molar-refractivity contribution is -0.118. The fraction of sp³-hybridized carbons (Fsp3) is 0.522. The fourth-order valence-electron chi connectivity index (χ4n) is 4.14. The monoisotopic (exact) mass is 378 g/mol. The quantitative estimate of drug-likeness (QED) is 0.761. The molecule has 2 saturated carbocycles. The predicted octanol–water partition coefficient (Wildman–Crippen LogP) is 3.56. The zero-order valence-electron chi connectivity index (χ0n) is 16.9. The Morgan fingerprint density at radius 2 is 2.04 bits per heavy atom. The highest BCUT2D eigenvalue weighted by Gasteiger charge is 2.32. The number of carbonyl (C=O) groups excluding carboxylic acids is 1. The Morgan fingerprint density at radius 3 is 2.64 bits per heavy atom.